The fourth-order valence-corrected chi connectivity index (χ4v) is 14.2. The van der Waals surface area contributed by atoms with E-state index in [1.165, 1.54) is 197 Å². The largest absolute Gasteiger partial charge is 0.356 e. The molecule has 17 N–H and O–H groups in total. The molecule has 0 radical (unpaired) electrons. The number of carbonyl (C=O) groups is 17. The predicted octanol–water partition coefficient (Wildman–Crippen LogP) is 1.95. The van der Waals surface area contributed by atoms with Gasteiger partial charge in [0.15, 0.2) is 34.9 Å². The van der Waals surface area contributed by atoms with Crippen molar-refractivity contribution in [2.75, 3.05) is 117 Å². The van der Waals surface area contributed by atoms with Crippen molar-refractivity contribution in [3.63, 3.8) is 0 Å². The SMILES string of the molecule is CC(=O)Nc1cn(C)c(C(=O)Nc2cc(C(=O)Nc3cn(C)c(C(=O)NCCC(=O)Nc4cn(C)c(C(=O)Nc5cc(C(=O)Nc6cn(C)c(C(=O)NCCCC(=O)Nc7cn(C)c(C(=O)Nc8cc(C(=O)Nc9cn(C)c(C(=O)NCCC(=O)Nc%10cc(C(=O)Nc%11cc(C(=O)Nc%12cc(C(=O)NCCC(=O)NCCCN(C)C)n(C)c%12)n(C)c%11)n(C)c%10)n9)n(C)c8)n7)n6)n(C)c5)n4)n3)n(C)c2)n1. The molecule has 12 aromatic heterocycles. The van der Waals surface area contributed by atoms with Crippen LogP contribution in [0.5, 0.6) is 0 Å². The van der Waals surface area contributed by atoms with Crippen molar-refractivity contribution in [3.05, 3.63) is 180 Å². The summed E-state index contributed by atoms with van der Waals surface area (Å²) in [5.41, 5.74) is 2.45. The van der Waals surface area contributed by atoms with Crippen molar-refractivity contribution < 1.29 is 81.5 Å². The topological polar surface area (TPSA) is 634 Å². The Balaban J connectivity index is 0.517. The highest BCUT2D eigenvalue weighted by molar-refractivity contribution is 6.12. The quantitative estimate of drug-likeness (QED) is 0.0243. The maximum absolute atomic E-state index is 13.6. The van der Waals surface area contributed by atoms with Crippen molar-refractivity contribution in [2.24, 2.45) is 84.6 Å². The third kappa shape index (κ3) is 25.8. The molecule has 0 saturated heterocycles. The van der Waals surface area contributed by atoms with Crippen LogP contribution >= 0.6 is 0 Å². The van der Waals surface area contributed by atoms with Gasteiger partial charge >= 0.3 is 0 Å². The molecule has 0 aliphatic rings. The molecule has 139 heavy (non-hydrogen) atoms. The van der Waals surface area contributed by atoms with E-state index in [0.717, 1.165) is 13.0 Å². The number of carbonyl (C=O) groups excluding carboxylic acids is 17. The monoisotopic (exact) mass is 1910 g/mol. The number of nitrogens with zero attached hydrogens (tertiary/aromatic N) is 19. The summed E-state index contributed by atoms with van der Waals surface area (Å²) in [6.07, 6.45) is 18.1. The van der Waals surface area contributed by atoms with Crippen molar-refractivity contribution in [1.82, 2.24) is 116 Å². The van der Waals surface area contributed by atoms with Gasteiger partial charge in [0.2, 0.25) is 64.5 Å². The molecule has 0 saturated carbocycles. The van der Waals surface area contributed by atoms with E-state index in [-0.39, 0.29) is 203 Å². The van der Waals surface area contributed by atoms with E-state index in [0.29, 0.717) is 12.2 Å². The summed E-state index contributed by atoms with van der Waals surface area (Å²) in [5.74, 6) is -9.69. The van der Waals surface area contributed by atoms with Gasteiger partial charge in [-0.05, 0) is 69.9 Å². The number of rotatable bonds is 41. The first-order chi connectivity index (χ1) is 66.0. The van der Waals surface area contributed by atoms with E-state index in [4.69, 9.17) is 0 Å². The zero-order valence-electron chi connectivity index (χ0n) is 78.3. The minimum Gasteiger partial charge on any atom is -0.356 e. The number of aryl methyl sites for hydroxylation is 12. The number of amides is 17. The van der Waals surface area contributed by atoms with Crippen LogP contribution in [-0.2, 0) is 109 Å². The molecule has 12 aromatic rings. The third-order valence-corrected chi connectivity index (χ3v) is 20.9. The average Bonchev–Trinajstić information content (AvgIpc) is 1.66. The van der Waals surface area contributed by atoms with Crippen LogP contribution in [0.3, 0.4) is 0 Å². The van der Waals surface area contributed by atoms with Gasteiger partial charge in [-0.25, -0.2) is 29.9 Å². The number of hydrogen-bond acceptors (Lipinski definition) is 24. The van der Waals surface area contributed by atoms with Crippen LogP contribution in [0.2, 0.25) is 0 Å². The van der Waals surface area contributed by atoms with Gasteiger partial charge in [-0.1, -0.05) is 0 Å². The molecule has 0 aromatic carbocycles. The minimum absolute atomic E-state index is 0.00187. The second-order valence-corrected chi connectivity index (χ2v) is 32.6. The van der Waals surface area contributed by atoms with Gasteiger partial charge in [-0.2, -0.15) is 0 Å². The van der Waals surface area contributed by atoms with Gasteiger partial charge in [0.1, 0.15) is 34.2 Å². The Morgan fingerprint density at radius 1 is 0.230 bits per heavy atom. The van der Waals surface area contributed by atoms with E-state index in [1.54, 1.807) is 60.1 Å². The van der Waals surface area contributed by atoms with Gasteiger partial charge in [0.05, 0.1) is 34.1 Å². The van der Waals surface area contributed by atoms with Crippen molar-refractivity contribution in [1.29, 1.82) is 0 Å². The Bertz CT molecular complexity index is 6830. The highest BCUT2D eigenvalue weighted by Crippen LogP contribution is 2.26. The van der Waals surface area contributed by atoms with Crippen LogP contribution in [0.15, 0.2) is 111 Å². The highest BCUT2D eigenvalue weighted by atomic mass is 16.2. The Kier molecular flexibility index (Phi) is 31.4. The lowest BCUT2D eigenvalue weighted by molar-refractivity contribution is -0.121. The van der Waals surface area contributed by atoms with Gasteiger partial charge < -0.3 is 150 Å². The van der Waals surface area contributed by atoms with Crippen LogP contribution in [0.1, 0.15) is 172 Å². The molecule has 0 unspecified atom stereocenters. The lowest BCUT2D eigenvalue weighted by Crippen LogP contribution is -2.32. The van der Waals surface area contributed by atoms with Crippen LogP contribution < -0.4 is 90.4 Å². The summed E-state index contributed by atoms with van der Waals surface area (Å²) in [4.78, 5) is 251. The average molecular weight is 1910 g/mol. The van der Waals surface area contributed by atoms with E-state index < -0.39 is 88.6 Å². The number of aromatic nitrogens is 18. The first-order valence-corrected chi connectivity index (χ1v) is 42.9. The summed E-state index contributed by atoms with van der Waals surface area (Å²) in [6.45, 7) is 2.53. The molecule has 12 rings (SSSR count). The summed E-state index contributed by atoms with van der Waals surface area (Å²) < 4.78 is 17.2. The van der Waals surface area contributed by atoms with E-state index in [2.05, 4.69) is 120 Å². The molecule has 53 heteroatoms. The lowest BCUT2D eigenvalue weighted by Gasteiger charge is -2.10. The first kappa shape index (κ1) is 99.9. The number of nitrogens with one attached hydrogen (secondary N) is 17. The maximum Gasteiger partial charge on any atom is 0.291 e. The molecule has 12 heterocycles. The van der Waals surface area contributed by atoms with Gasteiger partial charge in [0.25, 0.3) is 70.9 Å². The zero-order chi connectivity index (χ0) is 101. The Morgan fingerprint density at radius 3 is 0.770 bits per heavy atom. The van der Waals surface area contributed by atoms with Crippen LogP contribution in [0, 0.1) is 0 Å². The van der Waals surface area contributed by atoms with E-state index in [1.807, 2.05) is 19.0 Å². The molecule has 0 fully saturated rings. The van der Waals surface area contributed by atoms with Crippen molar-refractivity contribution >= 4 is 169 Å². The highest BCUT2D eigenvalue weighted by Gasteiger charge is 2.29. The molecular formula is C86H104N36O17. The van der Waals surface area contributed by atoms with Gasteiger partial charge in [-0.15, -0.1) is 0 Å². The molecule has 53 nitrogen and oxygen atoms in total. The molecule has 0 bridgehead atoms. The van der Waals surface area contributed by atoms with Crippen LogP contribution in [0.25, 0.3) is 0 Å². The molecule has 0 atom stereocenters. The summed E-state index contributed by atoms with van der Waals surface area (Å²) in [7, 11) is 22.7. The third-order valence-electron chi connectivity index (χ3n) is 20.9. The standard InChI is InChI=1S/C86H104N36O17/c1-46(123)92-59-40-120(13)72(101-59)84(137)96-50-31-56(114(7)37-50)79(132)109-64-45-119(12)71(106-64)83(136)91-26-21-68(127)100-61-42-122(15)74(103-61)86(139)98-52-33-57(115(8)39-52)78(131)107-62-43-117(10)69(104-62)81(134)88-22-16-18-66(125)99-60-41-121(14)73(102-60)85(138)97-51-32-58(116(9)38-51)80(133)108-63-44-118(11)70(105-63)82(135)90-25-20-67(126)93-47-28-54(112(5)34-47)76(129)95-49-30-55(113(6)36-49)77(130)94-48-29-53(111(4)35-48)75(128)89-24-19-65(124)87-23-17-27-110(2)3/h28-45H,16-27H2,1-15H3,(H,87,124)(H,88,134)(H,89,128)(H,90,135)(H,91,136)(H,92,123)(H,93,126)(H,94,130)(H,95,129)(H,96,137)(H,97,138)(H,98,139)(H,99,125)(H,100,127)(H,107,131)(H,108,133)(H,109,132). The Hall–Kier alpha value is -18.1. The zero-order valence-corrected chi connectivity index (χ0v) is 78.3. The van der Waals surface area contributed by atoms with E-state index >= 15 is 0 Å². The lowest BCUT2D eigenvalue weighted by atomic mass is 10.3. The van der Waals surface area contributed by atoms with E-state index in [9.17, 15) is 81.5 Å². The maximum atomic E-state index is 13.6. The predicted molar refractivity (Wildman–Crippen MR) is 504 cm³/mol. The number of anilines is 12. The molecular weight excluding hydrogens is 1810 g/mol. The van der Waals surface area contributed by atoms with Gasteiger partial charge in [0, 0.05) is 224 Å². The normalized spacial score (nSPS) is 11.0. The fourth-order valence-electron chi connectivity index (χ4n) is 14.2. The van der Waals surface area contributed by atoms with Crippen molar-refractivity contribution in [2.45, 2.75) is 45.4 Å². The Morgan fingerprint density at radius 2 is 0.460 bits per heavy atom. The first-order valence-electron chi connectivity index (χ1n) is 42.9. The van der Waals surface area contributed by atoms with Crippen molar-refractivity contribution in [3.8, 4) is 0 Å². The Labute approximate surface area is 790 Å². The molecule has 0 aliphatic heterocycles. The summed E-state index contributed by atoms with van der Waals surface area (Å²) in [6, 6.07) is 8.63. The summed E-state index contributed by atoms with van der Waals surface area (Å²) in [5, 5.41) is 45.4. The molecule has 0 spiro atoms. The molecule has 17 amide bonds. The molecule has 0 aliphatic carbocycles. The number of imidazole rings is 6. The van der Waals surface area contributed by atoms with Gasteiger partial charge in [-0.3, -0.25) is 81.5 Å². The molecule has 730 valence electrons. The smallest absolute Gasteiger partial charge is 0.291 e. The second-order valence-electron chi connectivity index (χ2n) is 32.6. The minimum atomic E-state index is -0.701. The van der Waals surface area contributed by atoms with Crippen LogP contribution in [-0.4, -0.2) is 243 Å². The second kappa shape index (κ2) is 43.7. The number of hydrogen-bond donors (Lipinski definition) is 17. The van der Waals surface area contributed by atoms with Crippen LogP contribution in [0.4, 0.5) is 69.0 Å². The summed E-state index contributed by atoms with van der Waals surface area (Å²) >= 11 is 0. The fraction of sp³-hybridized carbons (Fsp3) is 0.314.